The molecule has 1 saturated heterocycles. The van der Waals surface area contributed by atoms with Crippen LogP contribution in [-0.4, -0.2) is 48.6 Å². The van der Waals surface area contributed by atoms with Gasteiger partial charge in [-0.15, -0.1) is 0 Å². The van der Waals surface area contributed by atoms with Gasteiger partial charge in [-0.1, -0.05) is 27.2 Å². The van der Waals surface area contributed by atoms with Crippen molar-refractivity contribution in [1.29, 1.82) is 0 Å². The number of carbonyl (C=O) groups excluding carboxylic acids is 2. The van der Waals surface area contributed by atoms with E-state index in [2.05, 4.69) is 5.32 Å². The predicted octanol–water partition coefficient (Wildman–Crippen LogP) is 1.32. The van der Waals surface area contributed by atoms with Crippen molar-refractivity contribution in [3.05, 3.63) is 0 Å². The van der Waals surface area contributed by atoms with Crippen LogP contribution in [0.2, 0.25) is 0 Å². The summed E-state index contributed by atoms with van der Waals surface area (Å²) in [6, 6.07) is -0.348. The monoisotopic (exact) mass is 270 g/mol. The van der Waals surface area contributed by atoms with Crippen LogP contribution in [0.25, 0.3) is 0 Å². The molecular weight excluding hydrogens is 244 g/mol. The fraction of sp³-hybridized carbons (Fsp3) is 0.857. The van der Waals surface area contributed by atoms with E-state index >= 15 is 0 Å². The first-order chi connectivity index (χ1) is 9.06. The van der Waals surface area contributed by atoms with E-state index in [0.717, 1.165) is 6.42 Å². The third kappa shape index (κ3) is 3.08. The van der Waals surface area contributed by atoms with Gasteiger partial charge in [0.15, 0.2) is 0 Å². The molecule has 0 spiro atoms. The van der Waals surface area contributed by atoms with Crippen LogP contribution in [0.4, 0.5) is 0 Å². The van der Waals surface area contributed by atoms with E-state index in [1.165, 1.54) is 0 Å². The van der Waals surface area contributed by atoms with Crippen molar-refractivity contribution in [2.24, 2.45) is 0 Å². The summed E-state index contributed by atoms with van der Waals surface area (Å²) in [5.41, 5.74) is -0.727. The summed E-state index contributed by atoms with van der Waals surface area (Å²) in [5.74, 6) is 0.00820. The van der Waals surface area contributed by atoms with E-state index in [0.29, 0.717) is 32.4 Å². The molecular formula is C14H26N2O3. The molecule has 1 aliphatic rings. The second-order valence-corrected chi connectivity index (χ2v) is 5.07. The van der Waals surface area contributed by atoms with Crippen molar-refractivity contribution in [2.45, 2.75) is 58.0 Å². The fourth-order valence-electron chi connectivity index (χ4n) is 2.67. The maximum Gasteiger partial charge on any atom is 0.249 e. The van der Waals surface area contributed by atoms with Crippen LogP contribution < -0.4 is 5.32 Å². The molecule has 110 valence electrons. The number of amides is 2. The van der Waals surface area contributed by atoms with E-state index < -0.39 is 5.54 Å². The van der Waals surface area contributed by atoms with Gasteiger partial charge >= 0.3 is 0 Å². The summed E-state index contributed by atoms with van der Waals surface area (Å²) in [4.78, 5) is 26.7. The third-order valence-electron chi connectivity index (χ3n) is 4.02. The molecule has 5 nitrogen and oxygen atoms in total. The Kier molecular flexibility index (Phi) is 5.79. The average Bonchev–Trinajstić information content (AvgIpc) is 2.42. The molecule has 2 amide bonds. The number of rotatable bonds is 7. The van der Waals surface area contributed by atoms with Gasteiger partial charge in [0.25, 0.3) is 0 Å². The highest BCUT2D eigenvalue weighted by Crippen LogP contribution is 2.26. The summed E-state index contributed by atoms with van der Waals surface area (Å²) in [6.07, 6.45) is 2.82. The van der Waals surface area contributed by atoms with Crippen molar-refractivity contribution in [2.75, 3.05) is 20.3 Å². The maximum absolute atomic E-state index is 12.7. The molecule has 1 unspecified atom stereocenters. The zero-order valence-electron chi connectivity index (χ0n) is 12.5. The molecule has 0 aromatic rings. The lowest BCUT2D eigenvalue weighted by atomic mass is 9.86. The van der Waals surface area contributed by atoms with Gasteiger partial charge in [-0.05, 0) is 19.3 Å². The van der Waals surface area contributed by atoms with E-state index in [9.17, 15) is 9.59 Å². The number of nitrogens with one attached hydrogen (secondary N) is 1. The molecule has 1 heterocycles. The van der Waals surface area contributed by atoms with Crippen LogP contribution in [0.5, 0.6) is 0 Å². The summed E-state index contributed by atoms with van der Waals surface area (Å²) in [6.45, 7) is 6.85. The molecule has 1 N–H and O–H groups in total. The van der Waals surface area contributed by atoms with Crippen molar-refractivity contribution >= 4 is 11.8 Å². The number of hydrogen-bond acceptors (Lipinski definition) is 3. The molecule has 5 heteroatoms. The van der Waals surface area contributed by atoms with Gasteiger partial charge in [-0.3, -0.25) is 9.59 Å². The largest absolute Gasteiger partial charge is 0.383 e. The molecule has 1 fully saturated rings. The molecule has 1 rings (SSSR count). The number of hydrogen-bond donors (Lipinski definition) is 1. The highest BCUT2D eigenvalue weighted by molar-refractivity contribution is 5.99. The normalized spacial score (nSPS) is 22.5. The lowest BCUT2D eigenvalue weighted by Crippen LogP contribution is -2.70. The Bertz CT molecular complexity index is 327. The lowest BCUT2D eigenvalue weighted by molar-refractivity contribution is -0.156. The van der Waals surface area contributed by atoms with Gasteiger partial charge in [0.05, 0.1) is 6.61 Å². The number of piperazine rings is 1. The zero-order valence-corrected chi connectivity index (χ0v) is 12.5. The molecule has 0 aliphatic carbocycles. The summed E-state index contributed by atoms with van der Waals surface area (Å²) in [5, 5.41) is 2.95. The van der Waals surface area contributed by atoms with Gasteiger partial charge < -0.3 is 15.0 Å². The quantitative estimate of drug-likeness (QED) is 0.759. The van der Waals surface area contributed by atoms with Gasteiger partial charge in [-0.25, -0.2) is 0 Å². The Labute approximate surface area is 115 Å². The average molecular weight is 270 g/mol. The van der Waals surface area contributed by atoms with Crippen LogP contribution >= 0.6 is 0 Å². The van der Waals surface area contributed by atoms with Crippen LogP contribution in [0.15, 0.2) is 0 Å². The zero-order chi connectivity index (χ0) is 14.5. The van der Waals surface area contributed by atoms with Crippen LogP contribution in [0.1, 0.15) is 46.5 Å². The second-order valence-electron chi connectivity index (χ2n) is 5.07. The van der Waals surface area contributed by atoms with Crippen LogP contribution in [0.3, 0.4) is 0 Å². The third-order valence-corrected chi connectivity index (χ3v) is 4.02. The molecule has 0 bridgehead atoms. The summed E-state index contributed by atoms with van der Waals surface area (Å²) < 4.78 is 5.06. The molecule has 0 radical (unpaired) electrons. The van der Waals surface area contributed by atoms with Crippen molar-refractivity contribution in [3.8, 4) is 0 Å². The molecule has 0 aromatic carbocycles. The van der Waals surface area contributed by atoms with Gasteiger partial charge in [-0.2, -0.15) is 0 Å². The maximum atomic E-state index is 12.7. The Hall–Kier alpha value is -1.10. The number of methoxy groups -OCH3 is 1. The minimum Gasteiger partial charge on any atom is -0.383 e. The smallest absolute Gasteiger partial charge is 0.249 e. The first-order valence-corrected chi connectivity index (χ1v) is 7.18. The number of carbonyl (C=O) groups is 2. The van der Waals surface area contributed by atoms with Crippen molar-refractivity contribution in [3.63, 3.8) is 0 Å². The number of ether oxygens (including phenoxy) is 1. The Balaban J connectivity index is 3.00. The lowest BCUT2D eigenvalue weighted by Gasteiger charge is -2.45. The summed E-state index contributed by atoms with van der Waals surface area (Å²) >= 11 is 0. The Morgan fingerprint density at radius 1 is 1.26 bits per heavy atom. The van der Waals surface area contributed by atoms with Gasteiger partial charge in [0, 0.05) is 13.7 Å². The molecule has 1 aliphatic heterocycles. The van der Waals surface area contributed by atoms with E-state index in [4.69, 9.17) is 4.74 Å². The van der Waals surface area contributed by atoms with E-state index in [1.54, 1.807) is 12.0 Å². The molecule has 19 heavy (non-hydrogen) atoms. The standard InChI is InChI=1S/C14H26N2O3/c1-5-8-11-12(17)15-14(6-2,7-3)13(18)16(11)9-10-19-4/h11H,5-10H2,1-4H3,(H,15,17). The minimum absolute atomic E-state index is 0.0266. The molecule has 0 saturated carbocycles. The highest BCUT2D eigenvalue weighted by Gasteiger charge is 2.48. The number of nitrogens with zero attached hydrogens (tertiary/aromatic N) is 1. The van der Waals surface area contributed by atoms with Gasteiger partial charge in [0.2, 0.25) is 11.8 Å². The van der Waals surface area contributed by atoms with Crippen molar-refractivity contribution in [1.82, 2.24) is 10.2 Å². The highest BCUT2D eigenvalue weighted by atomic mass is 16.5. The van der Waals surface area contributed by atoms with Crippen LogP contribution in [-0.2, 0) is 14.3 Å². The Morgan fingerprint density at radius 2 is 1.89 bits per heavy atom. The van der Waals surface area contributed by atoms with E-state index in [1.807, 2.05) is 20.8 Å². The SMILES string of the molecule is CCCC1C(=O)NC(CC)(CC)C(=O)N1CCOC. The fourth-order valence-corrected chi connectivity index (χ4v) is 2.67. The summed E-state index contributed by atoms with van der Waals surface area (Å²) in [7, 11) is 1.61. The van der Waals surface area contributed by atoms with Crippen LogP contribution in [0, 0.1) is 0 Å². The Morgan fingerprint density at radius 3 is 2.37 bits per heavy atom. The molecule has 1 atom stereocenters. The first-order valence-electron chi connectivity index (χ1n) is 7.18. The first kappa shape index (κ1) is 16.0. The van der Waals surface area contributed by atoms with Gasteiger partial charge in [0.1, 0.15) is 11.6 Å². The van der Waals surface area contributed by atoms with E-state index in [-0.39, 0.29) is 17.9 Å². The minimum atomic E-state index is -0.727. The predicted molar refractivity (Wildman–Crippen MR) is 73.7 cm³/mol. The molecule has 0 aromatic heterocycles. The topological polar surface area (TPSA) is 58.6 Å². The van der Waals surface area contributed by atoms with Crippen molar-refractivity contribution < 1.29 is 14.3 Å². The second kappa shape index (κ2) is 6.89.